The lowest BCUT2D eigenvalue weighted by atomic mass is 9.72. The Hall–Kier alpha value is -3.45. The lowest BCUT2D eigenvalue weighted by Gasteiger charge is -2.32. The minimum Gasteiger partial charge on any atom is -0.289 e. The molecule has 0 unspecified atom stereocenters. The van der Waals surface area contributed by atoms with E-state index < -0.39 is 0 Å². The summed E-state index contributed by atoms with van der Waals surface area (Å²) in [5, 5.41) is 0. The van der Waals surface area contributed by atoms with Gasteiger partial charge in [-0.1, -0.05) is 85.0 Å². The molecule has 176 valence electrons. The largest absolute Gasteiger partial charge is 0.289 e. The molecule has 0 atom stereocenters. The van der Waals surface area contributed by atoms with Gasteiger partial charge in [0.05, 0.1) is 0 Å². The summed E-state index contributed by atoms with van der Waals surface area (Å²) in [7, 11) is 0. The predicted molar refractivity (Wildman–Crippen MR) is 149 cm³/mol. The van der Waals surface area contributed by atoms with Crippen molar-refractivity contribution in [1.29, 1.82) is 0 Å². The van der Waals surface area contributed by atoms with Crippen LogP contribution in [0.2, 0.25) is 0 Å². The van der Waals surface area contributed by atoms with Crippen LogP contribution in [-0.2, 0) is 10.8 Å². The van der Waals surface area contributed by atoms with Gasteiger partial charge in [0.25, 0.3) is 0 Å². The van der Waals surface area contributed by atoms with Crippen LogP contribution < -0.4 is 0 Å². The number of hydrogen-bond acceptors (Lipinski definition) is 1. The van der Waals surface area contributed by atoms with Crippen molar-refractivity contribution in [3.8, 4) is 0 Å². The molecule has 0 spiro atoms. The van der Waals surface area contributed by atoms with Gasteiger partial charge in [-0.15, -0.1) is 39.5 Å². The summed E-state index contributed by atoms with van der Waals surface area (Å²) < 4.78 is 0. The molecule has 2 rings (SSSR count). The zero-order chi connectivity index (χ0) is 25.0. The van der Waals surface area contributed by atoms with Crippen LogP contribution in [0.4, 0.5) is 0 Å². The van der Waals surface area contributed by atoms with E-state index in [9.17, 15) is 4.79 Å². The molecule has 2 aromatic carbocycles. The second kappa shape index (κ2) is 12.7. The van der Waals surface area contributed by atoms with Crippen molar-refractivity contribution in [2.75, 3.05) is 0 Å². The summed E-state index contributed by atoms with van der Waals surface area (Å²) in [6, 6.07) is 15.9. The quantitative estimate of drug-likeness (QED) is 0.184. The van der Waals surface area contributed by atoms with Crippen LogP contribution in [-0.4, -0.2) is 5.78 Å². The molecule has 34 heavy (non-hydrogen) atoms. The third kappa shape index (κ3) is 5.91. The molecule has 0 aliphatic carbocycles. The third-order valence-corrected chi connectivity index (χ3v) is 6.73. The van der Waals surface area contributed by atoms with Gasteiger partial charge >= 0.3 is 0 Å². The molecular weight excluding hydrogens is 412 g/mol. The molecule has 0 saturated heterocycles. The van der Waals surface area contributed by atoms with Gasteiger partial charge in [0.1, 0.15) is 0 Å². The highest BCUT2D eigenvalue weighted by Gasteiger charge is 2.30. The first-order chi connectivity index (χ1) is 16.5. The van der Waals surface area contributed by atoms with E-state index in [1.807, 2.05) is 60.7 Å². The number of benzene rings is 2. The zero-order valence-electron chi connectivity index (χ0n) is 20.5. The van der Waals surface area contributed by atoms with E-state index in [0.29, 0.717) is 11.1 Å². The fourth-order valence-corrected chi connectivity index (χ4v) is 4.98. The van der Waals surface area contributed by atoms with Crippen molar-refractivity contribution < 1.29 is 4.79 Å². The van der Waals surface area contributed by atoms with Gasteiger partial charge in [0.15, 0.2) is 5.78 Å². The Labute approximate surface area is 206 Å². The summed E-state index contributed by atoms with van der Waals surface area (Å²) in [4.78, 5) is 13.2. The summed E-state index contributed by atoms with van der Waals surface area (Å²) in [6.07, 6.45) is 16.6. The summed E-state index contributed by atoms with van der Waals surface area (Å²) in [5.41, 5.74) is 3.44. The van der Waals surface area contributed by atoms with Gasteiger partial charge < -0.3 is 0 Å². The summed E-state index contributed by atoms with van der Waals surface area (Å²) in [5.74, 6) is 0.0154. The number of carbonyl (C=O) groups is 1. The number of carbonyl (C=O) groups excluding carboxylic acids is 1. The maximum Gasteiger partial charge on any atom is 0.193 e. The van der Waals surface area contributed by atoms with Gasteiger partial charge in [-0.05, 0) is 49.7 Å². The average Bonchev–Trinajstić information content (AvgIpc) is 2.84. The second-order valence-corrected chi connectivity index (χ2v) is 9.00. The number of allylic oxidation sites excluding steroid dienone is 6. The van der Waals surface area contributed by atoms with Crippen molar-refractivity contribution in [1.82, 2.24) is 0 Å². The molecule has 0 amide bonds. The molecule has 1 heteroatoms. The highest BCUT2D eigenvalue weighted by Crippen LogP contribution is 2.38. The second-order valence-electron chi connectivity index (χ2n) is 9.00. The summed E-state index contributed by atoms with van der Waals surface area (Å²) in [6.45, 7) is 23.6. The smallest absolute Gasteiger partial charge is 0.193 e. The predicted octanol–water partition coefficient (Wildman–Crippen LogP) is 8.85. The maximum absolute atomic E-state index is 13.2. The molecule has 0 aliphatic rings. The topological polar surface area (TPSA) is 17.1 Å². The van der Waals surface area contributed by atoms with Gasteiger partial charge in [0.2, 0.25) is 0 Å². The van der Waals surface area contributed by atoms with Gasteiger partial charge in [-0.2, -0.15) is 0 Å². The van der Waals surface area contributed by atoms with Crippen LogP contribution in [0, 0.1) is 0 Å². The molecule has 0 heterocycles. The molecule has 0 aliphatic heterocycles. The zero-order valence-corrected chi connectivity index (χ0v) is 20.5. The van der Waals surface area contributed by atoms with Crippen molar-refractivity contribution in [3.63, 3.8) is 0 Å². The summed E-state index contributed by atoms with van der Waals surface area (Å²) >= 11 is 0. The lowest BCUT2D eigenvalue weighted by Crippen LogP contribution is -2.24. The van der Waals surface area contributed by atoms with E-state index in [1.54, 1.807) is 0 Å². The van der Waals surface area contributed by atoms with Gasteiger partial charge in [-0.25, -0.2) is 0 Å². The van der Waals surface area contributed by atoms with Crippen molar-refractivity contribution in [3.05, 3.63) is 147 Å². The average molecular weight is 451 g/mol. The molecule has 0 saturated carbocycles. The first-order valence-electron chi connectivity index (χ1n) is 11.9. The highest BCUT2D eigenvalue weighted by molar-refractivity contribution is 6.09. The molecule has 0 radical (unpaired) electrons. The van der Waals surface area contributed by atoms with Crippen molar-refractivity contribution >= 4 is 5.78 Å². The third-order valence-electron chi connectivity index (χ3n) is 6.73. The molecular formula is C33H38O. The minimum absolute atomic E-state index is 0.0154. The van der Waals surface area contributed by atoms with Gasteiger partial charge in [0, 0.05) is 22.0 Å². The van der Waals surface area contributed by atoms with Crippen molar-refractivity contribution in [2.45, 2.75) is 49.4 Å². The highest BCUT2D eigenvalue weighted by atomic mass is 16.1. The van der Waals surface area contributed by atoms with E-state index in [0.717, 1.165) is 38.5 Å². The van der Waals surface area contributed by atoms with E-state index >= 15 is 0 Å². The van der Waals surface area contributed by atoms with Crippen LogP contribution in [0.5, 0.6) is 0 Å². The van der Waals surface area contributed by atoms with Gasteiger partial charge in [-0.3, -0.25) is 4.79 Å². The lowest BCUT2D eigenvalue weighted by molar-refractivity contribution is 0.103. The Balaban J connectivity index is 2.35. The Morgan fingerprint density at radius 3 is 0.941 bits per heavy atom. The van der Waals surface area contributed by atoms with E-state index in [1.165, 1.54) is 11.1 Å². The number of ketones is 1. The van der Waals surface area contributed by atoms with Crippen molar-refractivity contribution in [2.24, 2.45) is 0 Å². The standard InChI is InChI=1S/C33H38O/c1-7-21-32(22-8-2,23-9-3)29-17-13-27(14-18-29)31(34)28-15-19-30(20-16-28)33(24-10-4,25-11-5)26-12-6/h7-20H,1-6,21-26H2. The first kappa shape index (κ1) is 26.8. The molecule has 2 aromatic rings. The first-order valence-corrected chi connectivity index (χ1v) is 11.9. The SMILES string of the molecule is C=CCC(CC=C)(CC=C)c1ccc(C(=O)c2ccc(C(CC=C)(CC=C)CC=C)cc2)cc1. The molecule has 0 N–H and O–H groups in total. The minimum atomic E-state index is -0.126. The van der Waals surface area contributed by atoms with E-state index in [4.69, 9.17) is 0 Å². The maximum atomic E-state index is 13.2. The fraction of sp³-hybridized carbons (Fsp3) is 0.242. The van der Waals surface area contributed by atoms with Crippen LogP contribution in [0.15, 0.2) is 124 Å². The molecule has 0 bridgehead atoms. The molecule has 1 nitrogen and oxygen atoms in total. The fourth-order valence-electron chi connectivity index (χ4n) is 4.98. The van der Waals surface area contributed by atoms with E-state index in [2.05, 4.69) is 63.7 Å². The molecule has 0 aromatic heterocycles. The van der Waals surface area contributed by atoms with Crippen LogP contribution in [0.25, 0.3) is 0 Å². The Bertz CT molecular complexity index is 881. The molecule has 0 fully saturated rings. The van der Waals surface area contributed by atoms with Crippen LogP contribution in [0.3, 0.4) is 0 Å². The van der Waals surface area contributed by atoms with Crippen LogP contribution in [0.1, 0.15) is 65.6 Å². The van der Waals surface area contributed by atoms with E-state index in [-0.39, 0.29) is 16.6 Å². The normalized spacial score (nSPS) is 11.3. The number of rotatable bonds is 16. The Morgan fingerprint density at radius 1 is 0.500 bits per heavy atom. The number of hydrogen-bond donors (Lipinski definition) is 0. The Morgan fingerprint density at radius 2 is 0.735 bits per heavy atom. The monoisotopic (exact) mass is 450 g/mol. The Kier molecular flexibility index (Phi) is 10.0. The van der Waals surface area contributed by atoms with Crippen LogP contribution >= 0.6 is 0 Å².